The fraction of sp³-hybridized carbons (Fsp3) is 0.188. The van der Waals surface area contributed by atoms with Gasteiger partial charge in [-0.2, -0.15) is 0 Å². The first-order valence-electron chi connectivity index (χ1n) is 6.29. The van der Waals surface area contributed by atoms with Crippen LogP contribution in [0.4, 0.5) is 5.69 Å². The van der Waals surface area contributed by atoms with Gasteiger partial charge in [0.15, 0.2) is 0 Å². The van der Waals surface area contributed by atoms with Crippen LogP contribution in [0.25, 0.3) is 0 Å². The van der Waals surface area contributed by atoms with Gasteiger partial charge in [0.05, 0.1) is 18.2 Å². The molecule has 1 atom stereocenters. The minimum absolute atomic E-state index is 0.224. The smallest absolute Gasteiger partial charge is 0.127 e. The van der Waals surface area contributed by atoms with Crippen molar-refractivity contribution >= 4 is 11.9 Å². The highest BCUT2D eigenvalue weighted by Crippen LogP contribution is 2.49. The molecule has 3 heteroatoms. The zero-order chi connectivity index (χ0) is 12.9. The van der Waals surface area contributed by atoms with Gasteiger partial charge in [0.25, 0.3) is 0 Å². The van der Waals surface area contributed by atoms with Gasteiger partial charge >= 0.3 is 0 Å². The summed E-state index contributed by atoms with van der Waals surface area (Å²) in [6, 6.07) is 14.2. The number of aliphatic imine (C=N–C) groups is 1. The summed E-state index contributed by atoms with van der Waals surface area (Å²) >= 11 is 0. The fourth-order valence-electron chi connectivity index (χ4n) is 2.93. The monoisotopic (exact) mass is 251 g/mol. The summed E-state index contributed by atoms with van der Waals surface area (Å²) in [5.41, 5.74) is 3.20. The zero-order valence-corrected chi connectivity index (χ0v) is 10.6. The molecule has 0 amide bonds. The second-order valence-corrected chi connectivity index (χ2v) is 4.90. The Morgan fingerprint density at radius 3 is 2.95 bits per heavy atom. The van der Waals surface area contributed by atoms with Gasteiger partial charge in [-0.3, -0.25) is 4.99 Å². The van der Waals surface area contributed by atoms with Crippen LogP contribution in [0.5, 0.6) is 11.5 Å². The number of fused-ring (bicyclic) bond motifs is 4. The SMILES string of the molecule is COc1ccc2c(c1)OCC21C=Nc2ccccc21. The first kappa shape index (κ1) is 10.6. The van der Waals surface area contributed by atoms with Crippen molar-refractivity contribution in [2.75, 3.05) is 13.7 Å². The average Bonchev–Trinajstić information content (AvgIpc) is 3.03. The zero-order valence-electron chi connectivity index (χ0n) is 10.6. The molecule has 0 saturated heterocycles. The standard InChI is InChI=1S/C16H13NO2/c1-18-11-6-7-13-15(8-11)19-10-16(13)9-17-14-5-3-2-4-12(14)16/h2-9H,10H2,1H3. The molecule has 1 unspecified atom stereocenters. The van der Waals surface area contributed by atoms with Crippen molar-refractivity contribution in [2.24, 2.45) is 4.99 Å². The molecule has 0 aliphatic carbocycles. The summed E-state index contributed by atoms with van der Waals surface area (Å²) in [5.74, 6) is 1.71. The number of nitrogens with zero attached hydrogens (tertiary/aromatic N) is 1. The number of hydrogen-bond donors (Lipinski definition) is 0. The summed E-state index contributed by atoms with van der Waals surface area (Å²) < 4.78 is 11.1. The molecule has 1 spiro atoms. The van der Waals surface area contributed by atoms with Crippen LogP contribution in [-0.4, -0.2) is 19.9 Å². The third-order valence-corrected chi connectivity index (χ3v) is 3.93. The van der Waals surface area contributed by atoms with Crippen LogP contribution < -0.4 is 9.47 Å². The van der Waals surface area contributed by atoms with Crippen molar-refractivity contribution < 1.29 is 9.47 Å². The van der Waals surface area contributed by atoms with Gasteiger partial charge in [-0.1, -0.05) is 24.3 Å². The van der Waals surface area contributed by atoms with E-state index in [1.807, 2.05) is 30.5 Å². The Labute approximate surface area is 111 Å². The lowest BCUT2D eigenvalue weighted by Crippen LogP contribution is -2.28. The molecule has 4 rings (SSSR count). The van der Waals surface area contributed by atoms with Gasteiger partial charge in [0.2, 0.25) is 0 Å². The molecule has 2 aromatic rings. The molecule has 2 heterocycles. The lowest BCUT2D eigenvalue weighted by atomic mass is 9.78. The van der Waals surface area contributed by atoms with Gasteiger partial charge in [0, 0.05) is 17.8 Å². The minimum atomic E-state index is -0.224. The lowest BCUT2D eigenvalue weighted by molar-refractivity contribution is 0.326. The normalized spacial score (nSPS) is 22.2. The number of methoxy groups -OCH3 is 1. The Hall–Kier alpha value is -2.29. The summed E-state index contributed by atoms with van der Waals surface area (Å²) in [7, 11) is 1.67. The largest absolute Gasteiger partial charge is 0.497 e. The van der Waals surface area contributed by atoms with Crippen LogP contribution in [0.1, 0.15) is 11.1 Å². The Balaban J connectivity index is 1.92. The van der Waals surface area contributed by atoms with Gasteiger partial charge in [-0.15, -0.1) is 0 Å². The van der Waals surface area contributed by atoms with Gasteiger partial charge in [-0.05, 0) is 17.7 Å². The van der Waals surface area contributed by atoms with Crippen molar-refractivity contribution in [1.29, 1.82) is 0 Å². The predicted molar refractivity (Wildman–Crippen MR) is 73.9 cm³/mol. The van der Waals surface area contributed by atoms with E-state index in [1.54, 1.807) is 7.11 Å². The number of ether oxygens (including phenoxy) is 2. The van der Waals surface area contributed by atoms with Crippen molar-refractivity contribution in [3.05, 3.63) is 53.6 Å². The lowest BCUT2D eigenvalue weighted by Gasteiger charge is -2.20. The molecule has 19 heavy (non-hydrogen) atoms. The molecular formula is C16H13NO2. The van der Waals surface area contributed by atoms with Crippen LogP contribution in [0.15, 0.2) is 47.5 Å². The maximum Gasteiger partial charge on any atom is 0.127 e. The third kappa shape index (κ3) is 1.30. The third-order valence-electron chi connectivity index (χ3n) is 3.93. The van der Waals surface area contributed by atoms with E-state index < -0.39 is 0 Å². The summed E-state index contributed by atoms with van der Waals surface area (Å²) in [5, 5.41) is 0. The molecule has 2 aliphatic rings. The molecule has 0 N–H and O–H groups in total. The van der Waals surface area contributed by atoms with E-state index in [0.717, 1.165) is 17.2 Å². The fourth-order valence-corrected chi connectivity index (χ4v) is 2.93. The van der Waals surface area contributed by atoms with Crippen molar-refractivity contribution in [3.8, 4) is 11.5 Å². The molecule has 0 bridgehead atoms. The maximum absolute atomic E-state index is 5.86. The molecule has 0 fully saturated rings. The van der Waals surface area contributed by atoms with Crippen LogP contribution in [0.2, 0.25) is 0 Å². The van der Waals surface area contributed by atoms with Gasteiger partial charge < -0.3 is 9.47 Å². The van der Waals surface area contributed by atoms with Crippen molar-refractivity contribution in [1.82, 2.24) is 0 Å². The Kier molecular flexibility index (Phi) is 2.01. The Morgan fingerprint density at radius 1 is 1.16 bits per heavy atom. The average molecular weight is 251 g/mol. The topological polar surface area (TPSA) is 30.8 Å². The molecule has 0 aromatic heterocycles. The number of para-hydroxylation sites is 1. The van der Waals surface area contributed by atoms with Gasteiger partial charge in [-0.25, -0.2) is 0 Å². The molecule has 2 aliphatic heterocycles. The first-order valence-corrected chi connectivity index (χ1v) is 6.29. The Morgan fingerprint density at radius 2 is 2.05 bits per heavy atom. The van der Waals surface area contributed by atoms with E-state index >= 15 is 0 Å². The number of benzene rings is 2. The van der Waals surface area contributed by atoms with Crippen LogP contribution in [0, 0.1) is 0 Å². The first-order chi connectivity index (χ1) is 9.33. The Bertz CT molecular complexity index is 693. The molecular weight excluding hydrogens is 238 g/mol. The summed E-state index contributed by atoms with van der Waals surface area (Å²) in [6.07, 6.45) is 2.01. The number of hydrogen-bond acceptors (Lipinski definition) is 3. The van der Waals surface area contributed by atoms with E-state index in [1.165, 1.54) is 11.1 Å². The molecule has 0 radical (unpaired) electrons. The molecule has 0 saturated carbocycles. The van der Waals surface area contributed by atoms with E-state index in [4.69, 9.17) is 9.47 Å². The van der Waals surface area contributed by atoms with Gasteiger partial charge in [0.1, 0.15) is 18.1 Å². The van der Waals surface area contributed by atoms with E-state index in [-0.39, 0.29) is 5.41 Å². The highest BCUT2D eigenvalue weighted by atomic mass is 16.5. The highest BCUT2D eigenvalue weighted by Gasteiger charge is 2.45. The summed E-state index contributed by atoms with van der Waals surface area (Å²) in [4.78, 5) is 4.54. The van der Waals surface area contributed by atoms with Crippen LogP contribution in [0.3, 0.4) is 0 Å². The quantitative estimate of drug-likeness (QED) is 0.779. The predicted octanol–water partition coefficient (Wildman–Crippen LogP) is 3.09. The molecule has 3 nitrogen and oxygen atoms in total. The van der Waals surface area contributed by atoms with Crippen molar-refractivity contribution in [3.63, 3.8) is 0 Å². The van der Waals surface area contributed by atoms with E-state index in [2.05, 4.69) is 23.2 Å². The maximum atomic E-state index is 5.86. The second-order valence-electron chi connectivity index (χ2n) is 4.90. The molecule has 94 valence electrons. The van der Waals surface area contributed by atoms with E-state index in [9.17, 15) is 0 Å². The highest BCUT2D eigenvalue weighted by molar-refractivity contribution is 5.91. The van der Waals surface area contributed by atoms with Crippen LogP contribution >= 0.6 is 0 Å². The van der Waals surface area contributed by atoms with Crippen molar-refractivity contribution in [2.45, 2.75) is 5.41 Å². The summed E-state index contributed by atoms with van der Waals surface area (Å²) in [6.45, 7) is 0.607. The number of rotatable bonds is 1. The molecule has 2 aromatic carbocycles. The second kappa shape index (κ2) is 3.60. The van der Waals surface area contributed by atoms with E-state index in [0.29, 0.717) is 6.61 Å². The van der Waals surface area contributed by atoms with Crippen LogP contribution in [-0.2, 0) is 5.41 Å². The minimum Gasteiger partial charge on any atom is -0.497 e.